The molecule has 132 valence electrons. The highest BCUT2D eigenvalue weighted by molar-refractivity contribution is 5.75. The van der Waals surface area contributed by atoms with Crippen molar-refractivity contribution in [1.82, 2.24) is 20.5 Å². The Balaban J connectivity index is 1.26. The van der Waals surface area contributed by atoms with Crippen LogP contribution in [0.4, 0.5) is 10.6 Å². The minimum atomic E-state index is 0.0587. The molecule has 0 saturated carbocycles. The van der Waals surface area contributed by atoms with Gasteiger partial charge in [-0.05, 0) is 44.2 Å². The summed E-state index contributed by atoms with van der Waals surface area (Å²) in [7, 11) is 0. The highest BCUT2D eigenvalue weighted by Gasteiger charge is 2.35. The van der Waals surface area contributed by atoms with Crippen LogP contribution >= 0.6 is 0 Å². The molecule has 0 aromatic carbocycles. The van der Waals surface area contributed by atoms with Crippen LogP contribution in [0.15, 0.2) is 18.3 Å². The first-order valence-electron chi connectivity index (χ1n) is 9.14. The second-order valence-corrected chi connectivity index (χ2v) is 7.38. The van der Waals surface area contributed by atoms with E-state index < -0.39 is 0 Å². The van der Waals surface area contributed by atoms with Crippen molar-refractivity contribution in [2.75, 3.05) is 18.4 Å². The van der Waals surface area contributed by atoms with Gasteiger partial charge in [-0.15, -0.1) is 0 Å². The topological polar surface area (TPSA) is 93.1 Å². The average Bonchev–Trinajstić information content (AvgIpc) is 3.22. The largest absolute Gasteiger partial charge is 0.365 e. The number of aromatic nitrogens is 1. The maximum atomic E-state index is 12.5. The van der Waals surface area contributed by atoms with Crippen molar-refractivity contribution in [3.63, 3.8) is 0 Å². The first-order valence-corrected chi connectivity index (χ1v) is 9.14. The summed E-state index contributed by atoms with van der Waals surface area (Å²) in [5.41, 5.74) is 0.550. The van der Waals surface area contributed by atoms with Gasteiger partial charge in [0.1, 0.15) is 11.9 Å². The summed E-state index contributed by atoms with van der Waals surface area (Å²) < 4.78 is 0. The molecule has 0 spiro atoms. The lowest BCUT2D eigenvalue weighted by Crippen LogP contribution is -2.51. The molecule has 3 aliphatic heterocycles. The van der Waals surface area contributed by atoms with Crippen molar-refractivity contribution < 1.29 is 4.79 Å². The number of nitrogens with zero attached hydrogens (tertiary/aromatic N) is 3. The van der Waals surface area contributed by atoms with Gasteiger partial charge < -0.3 is 20.9 Å². The molecule has 25 heavy (non-hydrogen) atoms. The van der Waals surface area contributed by atoms with Gasteiger partial charge in [0.2, 0.25) is 0 Å². The van der Waals surface area contributed by atoms with E-state index in [4.69, 9.17) is 5.26 Å². The number of pyridine rings is 1. The maximum absolute atomic E-state index is 12.5. The van der Waals surface area contributed by atoms with Crippen molar-refractivity contribution in [3.05, 3.63) is 23.9 Å². The second kappa shape index (κ2) is 6.89. The Bertz CT molecular complexity index is 657. The first kappa shape index (κ1) is 16.2. The van der Waals surface area contributed by atoms with Gasteiger partial charge in [0.25, 0.3) is 0 Å². The van der Waals surface area contributed by atoms with E-state index in [2.05, 4.69) is 27.0 Å². The smallest absolute Gasteiger partial charge is 0.317 e. The van der Waals surface area contributed by atoms with Gasteiger partial charge in [-0.1, -0.05) is 0 Å². The van der Waals surface area contributed by atoms with Gasteiger partial charge in [-0.3, -0.25) is 0 Å². The predicted octanol–water partition coefficient (Wildman–Crippen LogP) is 1.43. The maximum Gasteiger partial charge on any atom is 0.317 e. The number of likely N-dealkylation sites (tertiary alicyclic amines) is 1. The van der Waals surface area contributed by atoms with Crippen LogP contribution in [0.2, 0.25) is 0 Å². The molecule has 3 fully saturated rings. The summed E-state index contributed by atoms with van der Waals surface area (Å²) in [5, 5.41) is 19.0. The highest BCUT2D eigenvalue weighted by Crippen LogP contribution is 2.27. The second-order valence-electron chi connectivity index (χ2n) is 7.38. The van der Waals surface area contributed by atoms with Crippen LogP contribution in [0.3, 0.4) is 0 Å². The Morgan fingerprint density at radius 3 is 2.72 bits per heavy atom. The molecule has 4 rings (SSSR count). The number of nitriles is 1. The van der Waals surface area contributed by atoms with Gasteiger partial charge in [0.05, 0.1) is 5.56 Å². The first-order chi connectivity index (χ1) is 12.2. The zero-order valence-corrected chi connectivity index (χ0v) is 14.2. The molecule has 3 N–H and O–H groups in total. The lowest BCUT2D eigenvalue weighted by Gasteiger charge is -2.31. The highest BCUT2D eigenvalue weighted by atomic mass is 16.2. The van der Waals surface area contributed by atoms with E-state index in [9.17, 15) is 4.79 Å². The summed E-state index contributed by atoms with van der Waals surface area (Å²) in [6.07, 6.45) is 7.05. The Morgan fingerprint density at radius 1 is 1.24 bits per heavy atom. The number of amides is 2. The molecule has 3 saturated heterocycles. The molecule has 1 aromatic heterocycles. The van der Waals surface area contributed by atoms with Crippen molar-refractivity contribution in [1.29, 1.82) is 5.26 Å². The third-order valence-electron chi connectivity index (χ3n) is 5.52. The summed E-state index contributed by atoms with van der Waals surface area (Å²) in [5.74, 6) is 0.751. The summed E-state index contributed by atoms with van der Waals surface area (Å²) in [6, 6.07) is 7.36. The van der Waals surface area contributed by atoms with E-state index >= 15 is 0 Å². The van der Waals surface area contributed by atoms with Crippen molar-refractivity contribution >= 4 is 11.8 Å². The van der Waals surface area contributed by atoms with Gasteiger partial charge >= 0.3 is 6.03 Å². The number of rotatable bonds is 3. The van der Waals surface area contributed by atoms with Gasteiger partial charge in [0, 0.05) is 43.5 Å². The fraction of sp³-hybridized carbons (Fsp3) is 0.611. The summed E-state index contributed by atoms with van der Waals surface area (Å²) in [4.78, 5) is 18.7. The number of nitrogens with one attached hydrogen (secondary N) is 3. The molecule has 0 radical (unpaired) electrons. The molecule has 1 aromatic rings. The van der Waals surface area contributed by atoms with Crippen molar-refractivity contribution in [2.45, 2.75) is 56.3 Å². The Morgan fingerprint density at radius 2 is 2.04 bits per heavy atom. The fourth-order valence-corrected chi connectivity index (χ4v) is 4.26. The van der Waals surface area contributed by atoms with Crippen molar-refractivity contribution in [3.8, 4) is 6.07 Å². The zero-order chi connectivity index (χ0) is 17.2. The van der Waals surface area contributed by atoms with E-state index in [1.807, 2.05) is 11.0 Å². The van der Waals surface area contributed by atoms with Gasteiger partial charge in [-0.2, -0.15) is 5.26 Å². The Hall–Kier alpha value is -2.33. The number of fused-ring (bicyclic) bond motifs is 2. The van der Waals surface area contributed by atoms with Crippen molar-refractivity contribution in [2.24, 2.45) is 0 Å². The average molecular weight is 340 g/mol. The molecule has 0 aliphatic carbocycles. The van der Waals surface area contributed by atoms with E-state index in [1.54, 1.807) is 12.3 Å². The number of anilines is 1. The summed E-state index contributed by atoms with van der Waals surface area (Å²) >= 11 is 0. The van der Waals surface area contributed by atoms with E-state index in [-0.39, 0.29) is 12.1 Å². The standard InChI is InChI=1S/C18H24N6O/c19-9-12-1-4-17(20-10-12)22-15-5-6-24(11-15)18(25)23-16-7-13-2-3-14(8-16)21-13/h1,4,10,13-16,21H,2-3,5-8,11H2,(H,20,22)(H,23,25)/t13?,14?,15-,16?/m1/s1. The van der Waals surface area contributed by atoms with E-state index in [1.165, 1.54) is 12.8 Å². The Labute approximate surface area is 147 Å². The molecular formula is C18H24N6O. The normalized spacial score (nSPS) is 30.8. The van der Waals surface area contributed by atoms with E-state index in [0.717, 1.165) is 31.6 Å². The third-order valence-corrected chi connectivity index (χ3v) is 5.52. The molecule has 3 atom stereocenters. The van der Waals surface area contributed by atoms with Crippen LogP contribution in [0, 0.1) is 11.3 Å². The number of carbonyl (C=O) groups excluding carboxylic acids is 1. The number of piperidine rings is 1. The third kappa shape index (κ3) is 3.69. The lowest BCUT2D eigenvalue weighted by molar-refractivity contribution is 0.197. The number of hydrogen-bond acceptors (Lipinski definition) is 5. The molecule has 2 amide bonds. The van der Waals surface area contributed by atoms with Crippen LogP contribution in [0.25, 0.3) is 0 Å². The van der Waals surface area contributed by atoms with Gasteiger partial charge in [0.15, 0.2) is 0 Å². The predicted molar refractivity (Wildman–Crippen MR) is 94.1 cm³/mol. The fourth-order valence-electron chi connectivity index (χ4n) is 4.26. The molecule has 4 heterocycles. The van der Waals surface area contributed by atoms with E-state index in [0.29, 0.717) is 30.2 Å². The molecule has 3 aliphatic rings. The molecule has 2 bridgehead atoms. The molecule has 7 nitrogen and oxygen atoms in total. The molecule has 2 unspecified atom stereocenters. The minimum absolute atomic E-state index is 0.0587. The number of hydrogen-bond donors (Lipinski definition) is 3. The quantitative estimate of drug-likeness (QED) is 0.774. The Kier molecular flexibility index (Phi) is 4.45. The van der Waals surface area contributed by atoms with Crippen LogP contribution in [-0.2, 0) is 0 Å². The minimum Gasteiger partial charge on any atom is -0.365 e. The van der Waals surface area contributed by atoms with Crippen LogP contribution in [-0.4, -0.2) is 53.2 Å². The van der Waals surface area contributed by atoms with Crippen LogP contribution in [0.5, 0.6) is 0 Å². The van der Waals surface area contributed by atoms with Gasteiger partial charge in [-0.25, -0.2) is 9.78 Å². The summed E-state index contributed by atoms with van der Waals surface area (Å²) in [6.45, 7) is 1.45. The molecular weight excluding hydrogens is 316 g/mol. The number of carbonyl (C=O) groups is 1. The number of urea groups is 1. The molecule has 7 heteroatoms. The SMILES string of the molecule is N#Cc1ccc(N[C@@H]2CCN(C(=O)NC3CC4CCC(C3)N4)C2)nc1. The van der Waals surface area contributed by atoms with Crippen LogP contribution < -0.4 is 16.0 Å². The monoisotopic (exact) mass is 340 g/mol. The van der Waals surface area contributed by atoms with Crippen LogP contribution in [0.1, 0.15) is 37.7 Å². The lowest BCUT2D eigenvalue weighted by atomic mass is 10.00. The zero-order valence-electron chi connectivity index (χ0n) is 14.2.